The largest absolute Gasteiger partial charge is 0.323 e. The summed E-state index contributed by atoms with van der Waals surface area (Å²) in [4.78, 5) is 44.9. The number of carbonyl (C=O) groups excluding carboxylic acids is 2. The van der Waals surface area contributed by atoms with Crippen molar-refractivity contribution in [3.63, 3.8) is 0 Å². The molecule has 0 atom stereocenters. The minimum Gasteiger partial charge on any atom is -0.308 e. The number of nitrogens with one attached hydrogen (secondary N) is 4. The first-order chi connectivity index (χ1) is 15.7. The molecular formula is C21H18N6O6. The first-order valence-electron chi connectivity index (χ1n) is 9.47. The predicted octanol–water partition coefficient (Wildman–Crippen LogP) is 5.10. The highest BCUT2D eigenvalue weighted by Gasteiger charge is 2.10. The third-order valence-electron chi connectivity index (χ3n) is 4.42. The Bertz CT molecular complexity index is 1210. The smallest absolute Gasteiger partial charge is 0.308 e. The number of nitro groups is 2. The van der Waals surface area contributed by atoms with Crippen molar-refractivity contribution in [1.29, 1.82) is 0 Å². The Kier molecular flexibility index (Phi) is 6.78. The first-order valence-corrected chi connectivity index (χ1v) is 9.47. The summed E-state index contributed by atoms with van der Waals surface area (Å²) in [5.41, 5.74) is 2.10. The Balaban J connectivity index is 1.61. The number of non-ortho nitro benzene ring substituents is 2. The van der Waals surface area contributed by atoms with Crippen LogP contribution in [0.25, 0.3) is 0 Å². The van der Waals surface area contributed by atoms with Gasteiger partial charge in [-0.3, -0.25) is 20.2 Å². The van der Waals surface area contributed by atoms with Crippen LogP contribution >= 0.6 is 0 Å². The molecule has 4 amide bonds. The van der Waals surface area contributed by atoms with E-state index in [-0.39, 0.29) is 11.4 Å². The van der Waals surface area contributed by atoms with Crippen LogP contribution in [-0.2, 0) is 0 Å². The minimum absolute atomic E-state index is 0.0948. The fraction of sp³-hybridized carbons (Fsp3) is 0.0476. The second kappa shape index (κ2) is 9.87. The number of amides is 4. The van der Waals surface area contributed by atoms with Crippen LogP contribution in [0.2, 0.25) is 0 Å². The van der Waals surface area contributed by atoms with Crippen LogP contribution in [0.3, 0.4) is 0 Å². The van der Waals surface area contributed by atoms with Gasteiger partial charge in [-0.15, -0.1) is 0 Å². The van der Waals surface area contributed by atoms with Gasteiger partial charge in [-0.1, -0.05) is 6.07 Å². The van der Waals surface area contributed by atoms with E-state index in [1.54, 1.807) is 25.1 Å². The summed E-state index contributed by atoms with van der Waals surface area (Å²) >= 11 is 0. The van der Waals surface area contributed by atoms with Crippen molar-refractivity contribution < 1.29 is 19.4 Å². The number of anilines is 4. The number of benzene rings is 3. The van der Waals surface area contributed by atoms with Gasteiger partial charge in [0.15, 0.2) is 0 Å². The van der Waals surface area contributed by atoms with Crippen molar-refractivity contribution in [1.82, 2.24) is 0 Å². The van der Waals surface area contributed by atoms with Crippen LogP contribution in [0.15, 0.2) is 66.7 Å². The molecule has 168 valence electrons. The van der Waals surface area contributed by atoms with Crippen molar-refractivity contribution in [2.24, 2.45) is 0 Å². The lowest BCUT2D eigenvalue weighted by Gasteiger charge is -2.13. The van der Waals surface area contributed by atoms with Gasteiger partial charge in [-0.2, -0.15) is 0 Å². The Morgan fingerprint density at radius 3 is 1.48 bits per heavy atom. The second-order valence-electron chi connectivity index (χ2n) is 6.80. The Hall–Kier alpha value is -5.00. The lowest BCUT2D eigenvalue weighted by Crippen LogP contribution is -2.21. The van der Waals surface area contributed by atoms with E-state index in [0.29, 0.717) is 22.7 Å². The van der Waals surface area contributed by atoms with Crippen molar-refractivity contribution in [2.75, 3.05) is 21.3 Å². The number of carbonyl (C=O) groups is 2. The molecule has 0 aliphatic carbocycles. The summed E-state index contributed by atoms with van der Waals surface area (Å²) < 4.78 is 0. The van der Waals surface area contributed by atoms with Gasteiger partial charge in [-0.25, -0.2) is 9.59 Å². The van der Waals surface area contributed by atoms with Gasteiger partial charge in [0.05, 0.1) is 9.85 Å². The number of nitro benzene ring substituents is 2. The zero-order valence-electron chi connectivity index (χ0n) is 17.2. The molecule has 0 radical (unpaired) electrons. The van der Waals surface area contributed by atoms with Crippen LogP contribution in [0.1, 0.15) is 5.56 Å². The molecule has 12 heteroatoms. The van der Waals surface area contributed by atoms with E-state index in [9.17, 15) is 29.8 Å². The number of nitrogens with zero attached hydrogens (tertiary/aromatic N) is 2. The SMILES string of the molecule is Cc1ccc(NC(=O)Nc2ccc([N+](=O)[O-])cc2)cc1NC(=O)Nc1ccc([N+](=O)[O-])cc1. The number of aryl methyl sites for hydroxylation is 1. The van der Waals surface area contributed by atoms with Gasteiger partial charge < -0.3 is 21.3 Å². The third kappa shape index (κ3) is 6.24. The summed E-state index contributed by atoms with van der Waals surface area (Å²) in [7, 11) is 0. The predicted molar refractivity (Wildman–Crippen MR) is 123 cm³/mol. The van der Waals surface area contributed by atoms with Crippen molar-refractivity contribution in [3.8, 4) is 0 Å². The van der Waals surface area contributed by atoms with Crippen LogP contribution in [0, 0.1) is 27.2 Å². The Morgan fingerprint density at radius 2 is 1.03 bits per heavy atom. The molecular weight excluding hydrogens is 432 g/mol. The van der Waals surface area contributed by atoms with Crippen LogP contribution < -0.4 is 21.3 Å². The number of hydrogen-bond acceptors (Lipinski definition) is 6. The van der Waals surface area contributed by atoms with Crippen molar-refractivity contribution in [2.45, 2.75) is 6.92 Å². The highest BCUT2D eigenvalue weighted by atomic mass is 16.6. The second-order valence-corrected chi connectivity index (χ2v) is 6.80. The molecule has 0 bridgehead atoms. The molecule has 3 rings (SSSR count). The van der Waals surface area contributed by atoms with Crippen LogP contribution in [0.5, 0.6) is 0 Å². The lowest BCUT2D eigenvalue weighted by molar-refractivity contribution is -0.385. The topological polar surface area (TPSA) is 169 Å². The molecule has 0 aromatic heterocycles. The maximum Gasteiger partial charge on any atom is 0.323 e. The summed E-state index contributed by atoms with van der Waals surface area (Å²) in [5.74, 6) is 0. The summed E-state index contributed by atoms with van der Waals surface area (Å²) in [5, 5.41) is 31.8. The van der Waals surface area contributed by atoms with Gasteiger partial charge in [0.1, 0.15) is 0 Å². The summed E-state index contributed by atoms with van der Waals surface area (Å²) in [6.45, 7) is 1.77. The van der Waals surface area contributed by atoms with E-state index in [0.717, 1.165) is 5.56 Å². The minimum atomic E-state index is -0.575. The van der Waals surface area contributed by atoms with Crippen LogP contribution in [-0.4, -0.2) is 21.9 Å². The molecule has 3 aromatic carbocycles. The maximum atomic E-state index is 12.3. The van der Waals surface area contributed by atoms with Gasteiger partial charge in [0.2, 0.25) is 0 Å². The third-order valence-corrected chi connectivity index (χ3v) is 4.42. The number of urea groups is 2. The monoisotopic (exact) mass is 450 g/mol. The standard InChI is InChI=1S/C21H18N6O6/c1-13-2-3-16(24-20(28)22-14-4-8-17(9-5-14)26(30)31)12-19(13)25-21(29)23-15-6-10-18(11-7-15)27(32)33/h2-12H,1H3,(H2,22,24,28)(H2,23,25,29). The maximum absolute atomic E-state index is 12.3. The van der Waals surface area contributed by atoms with Gasteiger partial charge in [0.25, 0.3) is 11.4 Å². The van der Waals surface area contributed by atoms with E-state index in [1.807, 2.05) is 0 Å². The first kappa shape index (κ1) is 22.7. The van der Waals surface area contributed by atoms with Gasteiger partial charge in [-0.05, 0) is 48.9 Å². The average molecular weight is 450 g/mol. The number of hydrogen-bond donors (Lipinski definition) is 4. The fourth-order valence-corrected chi connectivity index (χ4v) is 2.75. The van der Waals surface area contributed by atoms with E-state index in [1.165, 1.54) is 48.5 Å². The molecule has 3 aromatic rings. The molecule has 4 N–H and O–H groups in total. The molecule has 0 spiro atoms. The average Bonchev–Trinajstić information content (AvgIpc) is 2.76. The Labute approximate surface area is 186 Å². The molecule has 0 aliphatic heterocycles. The van der Waals surface area contributed by atoms with E-state index in [4.69, 9.17) is 0 Å². The van der Waals surface area contributed by atoms with E-state index >= 15 is 0 Å². The molecule has 0 fully saturated rings. The molecule has 0 saturated carbocycles. The van der Waals surface area contributed by atoms with Crippen molar-refractivity contribution in [3.05, 3.63) is 92.5 Å². The highest BCUT2D eigenvalue weighted by molar-refractivity contribution is 6.02. The van der Waals surface area contributed by atoms with Crippen molar-refractivity contribution >= 4 is 46.2 Å². The molecule has 33 heavy (non-hydrogen) atoms. The summed E-state index contributed by atoms with van der Waals surface area (Å²) in [6, 6.07) is 14.5. The number of rotatable bonds is 6. The molecule has 0 aliphatic rings. The van der Waals surface area contributed by atoms with E-state index in [2.05, 4.69) is 21.3 Å². The normalized spacial score (nSPS) is 10.1. The molecule has 0 heterocycles. The Morgan fingerprint density at radius 1 is 0.636 bits per heavy atom. The fourth-order valence-electron chi connectivity index (χ4n) is 2.75. The highest BCUT2D eigenvalue weighted by Crippen LogP contribution is 2.22. The van der Waals surface area contributed by atoms with Crippen LogP contribution in [0.4, 0.5) is 43.7 Å². The van der Waals surface area contributed by atoms with Gasteiger partial charge >= 0.3 is 12.1 Å². The zero-order chi connectivity index (χ0) is 24.0. The molecule has 12 nitrogen and oxygen atoms in total. The zero-order valence-corrected chi connectivity index (χ0v) is 17.2. The lowest BCUT2D eigenvalue weighted by atomic mass is 10.2. The van der Waals surface area contributed by atoms with Gasteiger partial charge in [0, 0.05) is 47.0 Å². The molecule has 0 unspecified atom stereocenters. The quantitative estimate of drug-likeness (QED) is 0.301. The van der Waals surface area contributed by atoms with E-state index < -0.39 is 21.9 Å². The summed E-state index contributed by atoms with van der Waals surface area (Å²) in [6.07, 6.45) is 0. The molecule has 0 saturated heterocycles.